The van der Waals surface area contributed by atoms with Gasteiger partial charge in [0.2, 0.25) is 0 Å². The molecule has 1 N–H and O–H groups in total. The Bertz CT molecular complexity index is 848. The van der Waals surface area contributed by atoms with Crippen molar-refractivity contribution in [2.75, 3.05) is 0 Å². The molecule has 37 heavy (non-hydrogen) atoms. The molecule has 0 bridgehead atoms. The highest BCUT2D eigenvalue weighted by molar-refractivity contribution is 6.74. The fourth-order valence-corrected chi connectivity index (χ4v) is 7.72. The Kier molecular flexibility index (Phi) is 11.1. The highest BCUT2D eigenvalue weighted by Crippen LogP contribution is 2.48. The molecule has 1 aromatic rings. The van der Waals surface area contributed by atoms with Crippen molar-refractivity contribution >= 4 is 16.6 Å². The van der Waals surface area contributed by atoms with Gasteiger partial charge in [0.15, 0.2) is 16.6 Å². The molecule has 0 aromatic heterocycles. The molecule has 0 radical (unpaired) electrons. The van der Waals surface area contributed by atoms with Crippen LogP contribution in [0.2, 0.25) is 36.3 Å². The third kappa shape index (κ3) is 8.14. The molecule has 1 aromatic carbocycles. The molecule has 5 atom stereocenters. The third-order valence-electron chi connectivity index (χ3n) is 9.53. The lowest BCUT2D eigenvalue weighted by atomic mass is 9.84. The summed E-state index contributed by atoms with van der Waals surface area (Å²) in [5.41, 5.74) is 2.56. The van der Waals surface area contributed by atoms with Gasteiger partial charge in [0.1, 0.15) is 0 Å². The Morgan fingerprint density at radius 1 is 0.973 bits per heavy atom. The smallest absolute Gasteiger partial charge is 0.192 e. The summed E-state index contributed by atoms with van der Waals surface area (Å²) in [5, 5.41) is 11.4. The van der Waals surface area contributed by atoms with E-state index in [1.165, 1.54) is 30.4 Å². The highest BCUT2D eigenvalue weighted by Gasteiger charge is 2.48. The Morgan fingerprint density at radius 2 is 1.54 bits per heavy atom. The van der Waals surface area contributed by atoms with Gasteiger partial charge in [-0.05, 0) is 72.6 Å². The van der Waals surface area contributed by atoms with E-state index in [9.17, 15) is 5.11 Å². The number of allylic oxidation sites excluding steroid dienone is 1. The number of aliphatic hydroxyl groups excluding tert-OH is 1. The summed E-state index contributed by atoms with van der Waals surface area (Å²) in [7, 11) is -3.87. The number of unbranched alkanes of at least 4 members (excludes halogenated alkanes) is 2. The minimum atomic E-state index is -1.97. The summed E-state index contributed by atoms with van der Waals surface area (Å²) < 4.78 is 13.9. The van der Waals surface area contributed by atoms with Crippen molar-refractivity contribution in [3.8, 4) is 0 Å². The average Bonchev–Trinajstić information content (AvgIpc) is 3.06. The molecule has 3 nitrogen and oxygen atoms in total. The number of rotatable bonds is 12. The minimum Gasteiger partial charge on any atom is -0.413 e. The average molecular weight is 547 g/mol. The van der Waals surface area contributed by atoms with Gasteiger partial charge in [-0.2, -0.15) is 0 Å². The van der Waals surface area contributed by atoms with Crippen LogP contribution in [0.15, 0.2) is 36.9 Å². The first kappa shape index (κ1) is 32.5. The Labute approximate surface area is 231 Å². The molecule has 0 spiro atoms. The lowest BCUT2D eigenvalue weighted by molar-refractivity contribution is 0.122. The van der Waals surface area contributed by atoms with E-state index in [-0.39, 0.29) is 40.2 Å². The zero-order valence-electron chi connectivity index (χ0n) is 26.0. The predicted molar refractivity (Wildman–Crippen MR) is 165 cm³/mol. The van der Waals surface area contributed by atoms with Gasteiger partial charge in [-0.15, -0.1) is 6.58 Å². The summed E-state index contributed by atoms with van der Waals surface area (Å²) in [4.78, 5) is 0. The molecule has 0 aliphatic heterocycles. The molecule has 2 unspecified atom stereocenters. The SMILES string of the molecule is C=CCC1[C@@H](c2ccc(C(CCCCC)O[Si](C)(C)C(C)(C)C)cc2)[C@@H](O[Si](C)(C)C(C)(C)C)C[C@@H]1O. The maximum Gasteiger partial charge on any atom is 0.192 e. The topological polar surface area (TPSA) is 38.7 Å². The van der Waals surface area contributed by atoms with Crippen LogP contribution in [0.1, 0.15) is 110 Å². The van der Waals surface area contributed by atoms with Gasteiger partial charge in [-0.3, -0.25) is 0 Å². The second-order valence-corrected chi connectivity index (χ2v) is 24.0. The number of hydrogen-bond acceptors (Lipinski definition) is 3. The fraction of sp³-hybridized carbons (Fsp3) is 0.750. The molecule has 1 fully saturated rings. The zero-order chi connectivity index (χ0) is 28.2. The van der Waals surface area contributed by atoms with E-state index in [0.29, 0.717) is 6.42 Å². The molecule has 0 amide bonds. The standard InChI is InChI=1S/C32H58O3Si2/c1-13-15-16-18-28(34-36(9,10)31(3,4)5)24-19-21-25(22-20-24)30-26(17-14-2)27(33)23-29(30)35-37(11,12)32(6,7)8/h14,19-22,26-30,33H,2,13,15-18,23H2,1,3-12H3/t26?,27-,28?,29-,30+/m0/s1. The van der Waals surface area contributed by atoms with Gasteiger partial charge in [0.25, 0.3) is 0 Å². The quantitative estimate of drug-likeness (QED) is 0.161. The van der Waals surface area contributed by atoms with E-state index in [2.05, 4.69) is 105 Å². The van der Waals surface area contributed by atoms with Crippen molar-refractivity contribution in [2.24, 2.45) is 5.92 Å². The van der Waals surface area contributed by atoms with Crippen LogP contribution in [0.5, 0.6) is 0 Å². The Hall–Kier alpha value is -0.726. The monoisotopic (exact) mass is 546 g/mol. The highest BCUT2D eigenvalue weighted by atomic mass is 28.4. The molecular formula is C32H58O3Si2. The van der Waals surface area contributed by atoms with Crippen LogP contribution < -0.4 is 0 Å². The van der Waals surface area contributed by atoms with Gasteiger partial charge < -0.3 is 14.0 Å². The van der Waals surface area contributed by atoms with Crippen molar-refractivity contribution in [1.82, 2.24) is 0 Å². The number of aliphatic hydroxyl groups is 1. The molecule has 5 heteroatoms. The summed E-state index contributed by atoms with van der Waals surface area (Å²) in [6.07, 6.45) is 8.00. The summed E-state index contributed by atoms with van der Waals surface area (Å²) in [6.45, 7) is 29.4. The summed E-state index contributed by atoms with van der Waals surface area (Å²) >= 11 is 0. The number of benzene rings is 1. The van der Waals surface area contributed by atoms with Gasteiger partial charge in [-0.1, -0.05) is 98.1 Å². The minimum absolute atomic E-state index is 0.0375. The predicted octanol–water partition coefficient (Wildman–Crippen LogP) is 9.76. The normalized spacial score (nSPS) is 24.3. The summed E-state index contributed by atoms with van der Waals surface area (Å²) in [6, 6.07) is 9.16. The Balaban J connectivity index is 2.38. The largest absolute Gasteiger partial charge is 0.413 e. The van der Waals surface area contributed by atoms with Gasteiger partial charge in [0.05, 0.1) is 18.3 Å². The second kappa shape index (κ2) is 12.6. The van der Waals surface area contributed by atoms with Crippen LogP contribution >= 0.6 is 0 Å². The fourth-order valence-electron chi connectivity index (χ4n) is 5.05. The first-order chi connectivity index (χ1) is 16.9. The van der Waals surface area contributed by atoms with Crippen LogP contribution in [0.4, 0.5) is 0 Å². The van der Waals surface area contributed by atoms with E-state index >= 15 is 0 Å². The van der Waals surface area contributed by atoms with Crippen LogP contribution in [-0.4, -0.2) is 33.9 Å². The third-order valence-corrected chi connectivity index (χ3v) is 18.5. The maximum atomic E-state index is 11.1. The van der Waals surface area contributed by atoms with Crippen molar-refractivity contribution in [3.05, 3.63) is 48.0 Å². The molecule has 2 rings (SSSR count). The molecular weight excluding hydrogens is 489 g/mol. The molecule has 212 valence electrons. The van der Waals surface area contributed by atoms with Crippen LogP contribution in [0.25, 0.3) is 0 Å². The lowest BCUT2D eigenvalue weighted by Gasteiger charge is -2.40. The summed E-state index contributed by atoms with van der Waals surface area (Å²) in [5.74, 6) is 0.318. The number of hydrogen-bond donors (Lipinski definition) is 1. The lowest BCUT2D eigenvalue weighted by Crippen LogP contribution is -2.44. The van der Waals surface area contributed by atoms with Crippen molar-refractivity contribution in [1.29, 1.82) is 0 Å². The molecule has 1 aliphatic carbocycles. The Morgan fingerprint density at radius 3 is 2.03 bits per heavy atom. The molecule has 1 aliphatic rings. The van der Waals surface area contributed by atoms with Crippen LogP contribution in [0, 0.1) is 5.92 Å². The van der Waals surface area contributed by atoms with E-state index in [4.69, 9.17) is 8.85 Å². The molecule has 0 heterocycles. The van der Waals surface area contributed by atoms with E-state index in [0.717, 1.165) is 12.8 Å². The second-order valence-electron chi connectivity index (χ2n) is 14.5. The zero-order valence-corrected chi connectivity index (χ0v) is 28.0. The first-order valence-corrected chi connectivity index (χ1v) is 20.5. The van der Waals surface area contributed by atoms with Gasteiger partial charge in [-0.25, -0.2) is 0 Å². The van der Waals surface area contributed by atoms with Gasteiger partial charge in [0, 0.05) is 5.92 Å². The van der Waals surface area contributed by atoms with E-state index < -0.39 is 16.6 Å². The van der Waals surface area contributed by atoms with Crippen molar-refractivity contribution in [3.63, 3.8) is 0 Å². The van der Waals surface area contributed by atoms with Crippen molar-refractivity contribution in [2.45, 2.75) is 147 Å². The van der Waals surface area contributed by atoms with Crippen LogP contribution in [0.3, 0.4) is 0 Å². The van der Waals surface area contributed by atoms with E-state index in [1.807, 2.05) is 6.08 Å². The maximum absolute atomic E-state index is 11.1. The van der Waals surface area contributed by atoms with Gasteiger partial charge >= 0.3 is 0 Å². The molecule has 0 saturated heterocycles. The van der Waals surface area contributed by atoms with Crippen molar-refractivity contribution < 1.29 is 14.0 Å². The molecule has 1 saturated carbocycles. The first-order valence-electron chi connectivity index (χ1n) is 14.7. The van der Waals surface area contributed by atoms with Crippen LogP contribution in [-0.2, 0) is 8.85 Å². The van der Waals surface area contributed by atoms with E-state index in [1.54, 1.807) is 0 Å².